The van der Waals surface area contributed by atoms with Gasteiger partial charge in [-0.2, -0.15) is 33.7 Å². The van der Waals surface area contributed by atoms with Crippen LogP contribution in [0.25, 0.3) is 0 Å². The number of carbonyl (C=O) groups excluding carboxylic acids is 1. The third kappa shape index (κ3) is 4.41. The highest BCUT2D eigenvalue weighted by Crippen LogP contribution is 2.36. The molecule has 0 aromatic rings. The highest BCUT2D eigenvalue weighted by Gasteiger charge is 2.56. The second-order valence-corrected chi connectivity index (χ2v) is 7.96. The summed E-state index contributed by atoms with van der Waals surface area (Å²) in [5, 5.41) is 9.71. The monoisotopic (exact) mass is 330 g/mol. The van der Waals surface area contributed by atoms with Gasteiger partial charge in [0.1, 0.15) is 12.6 Å². The number of unbranched alkanes of at least 4 members (excludes halogenated alkanes) is 1. The highest BCUT2D eigenvalue weighted by molar-refractivity contribution is 7.99. The minimum absolute atomic E-state index is 0.124. The number of thiol groups is 1. The smallest absolute Gasteiger partial charge is 0.435 e. The highest BCUT2D eigenvalue weighted by atomic mass is 32.2. The first-order chi connectivity index (χ1) is 9.84. The number of hydrogen-bond donors (Lipinski definition) is 2. The minimum Gasteiger partial charge on any atom is -0.435 e. The topological polar surface area (TPSA) is 54.4 Å². The summed E-state index contributed by atoms with van der Waals surface area (Å²) in [6.45, 7) is 4.04. The average molecular weight is 330 g/mol. The van der Waals surface area contributed by atoms with Gasteiger partial charge in [-0.3, -0.25) is 0 Å². The van der Waals surface area contributed by atoms with Gasteiger partial charge < -0.3 is 5.11 Å². The van der Waals surface area contributed by atoms with Gasteiger partial charge in [0.15, 0.2) is 0 Å². The molecule has 0 aromatic carbocycles. The Morgan fingerprint density at radius 2 is 2.24 bits per heavy atom. The molecule has 1 saturated heterocycles. The van der Waals surface area contributed by atoms with Gasteiger partial charge in [0.05, 0.1) is 11.7 Å². The second-order valence-electron chi connectivity index (χ2n) is 5.67. The van der Waals surface area contributed by atoms with Gasteiger partial charge in [0.2, 0.25) is 0 Å². The lowest BCUT2D eigenvalue weighted by atomic mass is 10.2. The van der Waals surface area contributed by atoms with Crippen LogP contribution in [0, 0.1) is 12.3 Å². The van der Waals surface area contributed by atoms with E-state index in [1.807, 2.05) is 13.8 Å². The van der Waals surface area contributed by atoms with Crippen molar-refractivity contribution in [2.45, 2.75) is 56.1 Å². The van der Waals surface area contributed by atoms with E-state index in [4.69, 9.17) is 6.42 Å². The molecule has 0 spiro atoms. The molecule has 1 rings (SSSR count). The van der Waals surface area contributed by atoms with Crippen LogP contribution in [0.4, 0.5) is 4.79 Å². The van der Waals surface area contributed by atoms with Crippen molar-refractivity contribution in [3.05, 3.63) is 0 Å². The van der Waals surface area contributed by atoms with Crippen LogP contribution in [0.15, 0.2) is 0 Å². The summed E-state index contributed by atoms with van der Waals surface area (Å²) >= 11 is 5.96. The molecule has 1 aliphatic rings. The van der Waals surface area contributed by atoms with Crippen LogP contribution in [0.2, 0.25) is 0 Å². The predicted molar refractivity (Wildman–Crippen MR) is 89.6 cm³/mol. The zero-order valence-corrected chi connectivity index (χ0v) is 14.3. The number of quaternary nitrogens is 1. The standard InChI is InChI=1S/C15H23NO3S2/c1-4-5-6-7-21-13-8-11(2)16(10-13,15(18)19)14(17)9-12(3)20/h1,11-13H,5-10H2,2-3H3,(H-,18,19,20)/p+1/t11-,12?,13-,16-/m1/s1. The Hall–Kier alpha value is -0.640. The number of hydrogen-bond acceptors (Lipinski definition) is 4. The molecule has 21 heavy (non-hydrogen) atoms. The molecule has 1 heterocycles. The zero-order chi connectivity index (χ0) is 16.0. The van der Waals surface area contributed by atoms with Crippen molar-refractivity contribution in [3.63, 3.8) is 0 Å². The van der Waals surface area contributed by atoms with E-state index in [1.54, 1.807) is 11.8 Å². The zero-order valence-electron chi connectivity index (χ0n) is 12.6. The first-order valence-electron chi connectivity index (χ1n) is 7.22. The van der Waals surface area contributed by atoms with E-state index in [-0.39, 0.29) is 28.9 Å². The Kier molecular flexibility index (Phi) is 7.11. The van der Waals surface area contributed by atoms with Crippen LogP contribution in [0.3, 0.4) is 0 Å². The Bertz CT molecular complexity index is 433. The summed E-state index contributed by atoms with van der Waals surface area (Å²) in [7, 11) is 0. The summed E-state index contributed by atoms with van der Waals surface area (Å²) in [6.07, 6.45) is 6.80. The molecule has 0 aromatic heterocycles. The Labute approximate surface area is 136 Å². The van der Waals surface area contributed by atoms with Crippen LogP contribution < -0.4 is 0 Å². The largest absolute Gasteiger partial charge is 0.521 e. The molecule has 4 atom stereocenters. The molecule has 1 N–H and O–H groups in total. The quantitative estimate of drug-likeness (QED) is 0.340. The molecule has 4 nitrogen and oxygen atoms in total. The summed E-state index contributed by atoms with van der Waals surface area (Å²) in [5.41, 5.74) is 0. The first-order valence-corrected chi connectivity index (χ1v) is 8.78. The SMILES string of the molecule is C#CCCCS[C@@H]1C[C@@H](C)[N@@+](C(=O)O)(C(=O)CC(C)S)C1. The Balaban J connectivity index is 2.74. The number of nitrogens with zero attached hydrogens (tertiary/aromatic N) is 1. The number of thioether (sulfide) groups is 1. The predicted octanol–water partition coefficient (Wildman–Crippen LogP) is 3.02. The molecule has 0 saturated carbocycles. The number of likely N-dealkylation sites (tertiary alicyclic amines) is 1. The summed E-state index contributed by atoms with van der Waals surface area (Å²) in [5.74, 6) is 3.29. The number of amides is 2. The molecular formula is C15H24NO3S2+. The van der Waals surface area contributed by atoms with E-state index >= 15 is 0 Å². The molecule has 1 fully saturated rings. The van der Waals surface area contributed by atoms with Crippen LogP contribution in [0.1, 0.15) is 39.5 Å². The van der Waals surface area contributed by atoms with Gasteiger partial charge >= 0.3 is 12.0 Å². The van der Waals surface area contributed by atoms with E-state index in [0.29, 0.717) is 6.54 Å². The van der Waals surface area contributed by atoms with Crippen molar-refractivity contribution in [1.82, 2.24) is 0 Å². The maximum atomic E-state index is 12.5. The molecule has 0 aliphatic carbocycles. The fourth-order valence-electron chi connectivity index (χ4n) is 2.82. The van der Waals surface area contributed by atoms with Crippen LogP contribution in [-0.4, -0.2) is 50.4 Å². The third-order valence-corrected chi connectivity index (χ3v) is 5.44. The molecular weight excluding hydrogens is 306 g/mol. The van der Waals surface area contributed by atoms with Crippen molar-refractivity contribution in [1.29, 1.82) is 0 Å². The van der Waals surface area contributed by atoms with Crippen molar-refractivity contribution < 1.29 is 19.2 Å². The Morgan fingerprint density at radius 3 is 2.76 bits per heavy atom. The van der Waals surface area contributed by atoms with Crippen LogP contribution >= 0.6 is 24.4 Å². The summed E-state index contributed by atoms with van der Waals surface area (Å²) < 4.78 is -0.447. The molecule has 0 bridgehead atoms. The lowest BCUT2D eigenvalue weighted by Gasteiger charge is -2.30. The number of terminal acetylenes is 1. The minimum atomic E-state index is -1.03. The van der Waals surface area contributed by atoms with Crippen molar-refractivity contribution in [2.75, 3.05) is 12.3 Å². The van der Waals surface area contributed by atoms with Crippen molar-refractivity contribution in [3.8, 4) is 12.3 Å². The van der Waals surface area contributed by atoms with Crippen molar-refractivity contribution >= 4 is 36.4 Å². The van der Waals surface area contributed by atoms with E-state index in [2.05, 4.69) is 18.5 Å². The van der Waals surface area contributed by atoms with Crippen molar-refractivity contribution in [2.24, 2.45) is 0 Å². The molecule has 118 valence electrons. The molecule has 2 amide bonds. The van der Waals surface area contributed by atoms with Gasteiger partial charge in [-0.25, -0.2) is 4.79 Å². The van der Waals surface area contributed by atoms with Crippen LogP contribution in [0.5, 0.6) is 0 Å². The summed E-state index contributed by atoms with van der Waals surface area (Å²) in [4.78, 5) is 24.2. The van der Waals surface area contributed by atoms with Gasteiger partial charge in [0.25, 0.3) is 0 Å². The average Bonchev–Trinajstić information content (AvgIpc) is 2.72. The molecule has 1 unspecified atom stereocenters. The van der Waals surface area contributed by atoms with E-state index in [0.717, 1.165) is 25.0 Å². The van der Waals surface area contributed by atoms with E-state index in [9.17, 15) is 14.7 Å². The first kappa shape index (κ1) is 18.4. The maximum Gasteiger partial charge on any atom is 0.521 e. The molecule has 1 aliphatic heterocycles. The van der Waals surface area contributed by atoms with Crippen LogP contribution in [-0.2, 0) is 4.79 Å². The maximum absolute atomic E-state index is 12.5. The van der Waals surface area contributed by atoms with Gasteiger partial charge in [-0.15, -0.1) is 12.3 Å². The van der Waals surface area contributed by atoms with Gasteiger partial charge in [-0.1, -0.05) is 6.92 Å². The number of carbonyl (C=O) groups is 2. The fraction of sp³-hybridized carbons (Fsp3) is 0.733. The lowest BCUT2D eigenvalue weighted by molar-refractivity contribution is -0.792. The lowest BCUT2D eigenvalue weighted by Crippen LogP contribution is -2.59. The number of carboxylic acid groups (broad SMARTS) is 1. The normalized spacial score (nSPS) is 29.8. The third-order valence-electron chi connectivity index (χ3n) is 3.92. The molecule has 6 heteroatoms. The van der Waals surface area contributed by atoms with E-state index in [1.165, 1.54) is 0 Å². The number of imide groups is 1. The van der Waals surface area contributed by atoms with E-state index < -0.39 is 10.6 Å². The fourth-order valence-corrected chi connectivity index (χ4v) is 4.37. The summed E-state index contributed by atoms with van der Waals surface area (Å²) in [6, 6.07) is -0.188. The van der Waals surface area contributed by atoms with Gasteiger partial charge in [0, 0.05) is 18.1 Å². The second kappa shape index (κ2) is 8.11. The Morgan fingerprint density at radius 1 is 1.57 bits per heavy atom. The molecule has 0 radical (unpaired) electrons. The number of rotatable bonds is 6. The van der Waals surface area contributed by atoms with Gasteiger partial charge in [-0.05, 0) is 19.1 Å².